The van der Waals surface area contributed by atoms with Crippen LogP contribution in [-0.2, 0) is 0 Å². The number of nitrogens with zero attached hydrogens (tertiary/aromatic N) is 2. The van der Waals surface area contributed by atoms with Crippen molar-refractivity contribution in [2.75, 3.05) is 5.73 Å². The Balaban J connectivity index is 2.45. The summed E-state index contributed by atoms with van der Waals surface area (Å²) in [7, 11) is 0. The van der Waals surface area contributed by atoms with Crippen molar-refractivity contribution in [1.82, 2.24) is 9.55 Å². The van der Waals surface area contributed by atoms with Crippen LogP contribution in [0.4, 0.5) is 5.69 Å². The summed E-state index contributed by atoms with van der Waals surface area (Å²) in [4.78, 5) is 15.7. The van der Waals surface area contributed by atoms with Crippen molar-refractivity contribution in [3.63, 3.8) is 0 Å². The highest BCUT2D eigenvalue weighted by Gasteiger charge is 2.14. The zero-order valence-corrected chi connectivity index (χ0v) is 8.94. The number of allylic oxidation sites excluding steroid dienone is 2. The molecule has 0 amide bonds. The fraction of sp³-hybridized carbons (Fsp3) is 0.400. The molecule has 15 heavy (non-hydrogen) atoms. The monoisotopic (exact) mass is 225 g/mol. The second-order valence-electron chi connectivity index (χ2n) is 3.59. The second-order valence-corrected chi connectivity index (χ2v) is 3.95. The van der Waals surface area contributed by atoms with Gasteiger partial charge in [-0.05, 0) is 19.3 Å². The van der Waals surface area contributed by atoms with Gasteiger partial charge >= 0.3 is 0 Å². The lowest BCUT2D eigenvalue weighted by Crippen LogP contribution is -2.27. The van der Waals surface area contributed by atoms with Gasteiger partial charge < -0.3 is 5.73 Å². The van der Waals surface area contributed by atoms with Gasteiger partial charge in [0, 0.05) is 0 Å². The molecule has 0 saturated heterocycles. The predicted octanol–water partition coefficient (Wildman–Crippen LogP) is 1.76. The first-order valence-corrected chi connectivity index (χ1v) is 5.26. The minimum atomic E-state index is -0.258. The maximum absolute atomic E-state index is 11.8. The molecule has 4 nitrogen and oxygen atoms in total. The molecule has 1 heterocycles. The molecular formula is C10H12ClN3O. The van der Waals surface area contributed by atoms with Crippen molar-refractivity contribution in [3.8, 4) is 0 Å². The summed E-state index contributed by atoms with van der Waals surface area (Å²) in [6.07, 6.45) is 8.64. The first-order chi connectivity index (χ1) is 7.20. The van der Waals surface area contributed by atoms with Crippen molar-refractivity contribution in [1.29, 1.82) is 0 Å². The van der Waals surface area contributed by atoms with Gasteiger partial charge in [0.1, 0.15) is 5.69 Å². The normalized spacial score (nSPS) is 20.5. The summed E-state index contributed by atoms with van der Waals surface area (Å²) in [6.45, 7) is 0. The summed E-state index contributed by atoms with van der Waals surface area (Å²) in [5.41, 5.74) is 5.31. The van der Waals surface area contributed by atoms with Gasteiger partial charge in [0.05, 0.1) is 12.4 Å². The predicted molar refractivity (Wildman–Crippen MR) is 59.9 cm³/mol. The van der Waals surface area contributed by atoms with Gasteiger partial charge in [-0.15, -0.1) is 0 Å². The Hall–Kier alpha value is -1.29. The Bertz CT molecular complexity index is 452. The maximum atomic E-state index is 11.8. The van der Waals surface area contributed by atoms with Crippen LogP contribution in [0.15, 0.2) is 23.3 Å². The van der Waals surface area contributed by atoms with Crippen molar-refractivity contribution in [2.24, 2.45) is 0 Å². The lowest BCUT2D eigenvalue weighted by atomic mass is 10.0. The van der Waals surface area contributed by atoms with Gasteiger partial charge in [0.15, 0.2) is 5.15 Å². The van der Waals surface area contributed by atoms with E-state index in [9.17, 15) is 4.79 Å². The standard InChI is InChI=1S/C10H12ClN3O/c11-9-8(12)10(15)14(6-13-9)7-4-2-1-3-5-7/h2,4,6-7H,1,3,5,12H2. The lowest BCUT2D eigenvalue weighted by Gasteiger charge is -2.18. The van der Waals surface area contributed by atoms with Crippen LogP contribution in [0.2, 0.25) is 5.15 Å². The largest absolute Gasteiger partial charge is 0.392 e. The van der Waals surface area contributed by atoms with Crippen LogP contribution < -0.4 is 11.3 Å². The average Bonchev–Trinajstić information content (AvgIpc) is 2.27. The van der Waals surface area contributed by atoms with E-state index < -0.39 is 0 Å². The molecule has 1 atom stereocenters. The highest BCUT2D eigenvalue weighted by Crippen LogP contribution is 2.21. The molecule has 1 unspecified atom stereocenters. The maximum Gasteiger partial charge on any atom is 0.278 e. The van der Waals surface area contributed by atoms with Gasteiger partial charge in [0.25, 0.3) is 5.56 Å². The van der Waals surface area contributed by atoms with Crippen LogP contribution in [0.1, 0.15) is 25.3 Å². The van der Waals surface area contributed by atoms with Gasteiger partial charge in [0.2, 0.25) is 0 Å². The van der Waals surface area contributed by atoms with Crippen LogP contribution >= 0.6 is 11.6 Å². The topological polar surface area (TPSA) is 60.9 Å². The zero-order valence-electron chi connectivity index (χ0n) is 8.19. The van der Waals surface area contributed by atoms with E-state index in [1.165, 1.54) is 10.9 Å². The Kier molecular flexibility index (Phi) is 2.77. The molecule has 2 N–H and O–H groups in total. The lowest BCUT2D eigenvalue weighted by molar-refractivity contribution is 0.499. The van der Waals surface area contributed by atoms with E-state index in [4.69, 9.17) is 17.3 Å². The first kappa shape index (κ1) is 10.2. The van der Waals surface area contributed by atoms with Crippen molar-refractivity contribution >= 4 is 17.3 Å². The number of anilines is 1. The summed E-state index contributed by atoms with van der Waals surface area (Å²) in [5, 5.41) is 0.0797. The van der Waals surface area contributed by atoms with E-state index in [1.54, 1.807) is 0 Å². The van der Waals surface area contributed by atoms with E-state index in [0.717, 1.165) is 19.3 Å². The summed E-state index contributed by atoms with van der Waals surface area (Å²) in [5.74, 6) is 0. The molecule has 0 radical (unpaired) electrons. The van der Waals surface area contributed by atoms with Crippen molar-refractivity contribution < 1.29 is 0 Å². The number of hydrogen-bond acceptors (Lipinski definition) is 3. The number of halogens is 1. The molecule has 1 aromatic heterocycles. The molecule has 5 heteroatoms. The molecule has 0 aromatic carbocycles. The van der Waals surface area contributed by atoms with E-state index in [2.05, 4.69) is 11.1 Å². The summed E-state index contributed by atoms with van der Waals surface area (Å²) >= 11 is 5.66. The number of nitrogens with two attached hydrogens (primary N) is 1. The Morgan fingerprint density at radius 2 is 2.40 bits per heavy atom. The van der Waals surface area contributed by atoms with Gasteiger partial charge in [-0.3, -0.25) is 9.36 Å². The van der Waals surface area contributed by atoms with Crippen LogP contribution in [0, 0.1) is 0 Å². The van der Waals surface area contributed by atoms with Gasteiger partial charge in [-0.25, -0.2) is 4.98 Å². The quantitative estimate of drug-likeness (QED) is 0.585. The van der Waals surface area contributed by atoms with Gasteiger partial charge in [-0.2, -0.15) is 0 Å². The number of aromatic nitrogens is 2. The van der Waals surface area contributed by atoms with Crippen molar-refractivity contribution in [2.45, 2.75) is 25.3 Å². The Labute approximate surface area is 92.4 Å². The minimum Gasteiger partial charge on any atom is -0.392 e. The SMILES string of the molecule is Nc1c(Cl)ncn(C2C=CCCC2)c1=O. The second kappa shape index (κ2) is 4.06. The number of rotatable bonds is 1. The number of hydrogen-bond donors (Lipinski definition) is 1. The molecule has 1 aromatic rings. The van der Waals surface area contributed by atoms with Gasteiger partial charge in [-0.1, -0.05) is 23.8 Å². The third-order valence-electron chi connectivity index (χ3n) is 2.57. The molecule has 2 rings (SSSR count). The van der Waals surface area contributed by atoms with E-state index >= 15 is 0 Å². The smallest absolute Gasteiger partial charge is 0.278 e. The minimum absolute atomic E-state index is 0.0261. The number of nitrogen functional groups attached to an aromatic ring is 1. The van der Waals surface area contributed by atoms with Crippen molar-refractivity contribution in [3.05, 3.63) is 34.0 Å². The van der Waals surface area contributed by atoms with Crippen LogP contribution in [-0.4, -0.2) is 9.55 Å². The van der Waals surface area contributed by atoms with E-state index in [-0.39, 0.29) is 22.4 Å². The molecule has 0 fully saturated rings. The molecule has 1 aliphatic rings. The molecular weight excluding hydrogens is 214 g/mol. The third kappa shape index (κ3) is 1.90. The van der Waals surface area contributed by atoms with E-state index in [0.29, 0.717) is 0 Å². The summed E-state index contributed by atoms with van der Waals surface area (Å²) in [6, 6.07) is 0.0679. The Morgan fingerprint density at radius 1 is 1.60 bits per heavy atom. The van der Waals surface area contributed by atoms with Crippen LogP contribution in [0.5, 0.6) is 0 Å². The molecule has 1 aliphatic carbocycles. The fourth-order valence-corrected chi connectivity index (χ4v) is 1.85. The van der Waals surface area contributed by atoms with Crippen LogP contribution in [0.3, 0.4) is 0 Å². The Morgan fingerprint density at radius 3 is 3.07 bits per heavy atom. The zero-order chi connectivity index (χ0) is 10.8. The molecule has 0 saturated carbocycles. The third-order valence-corrected chi connectivity index (χ3v) is 2.87. The average molecular weight is 226 g/mol. The molecule has 0 bridgehead atoms. The fourth-order valence-electron chi connectivity index (χ4n) is 1.72. The first-order valence-electron chi connectivity index (χ1n) is 4.89. The molecule has 80 valence electrons. The highest BCUT2D eigenvalue weighted by molar-refractivity contribution is 6.31. The highest BCUT2D eigenvalue weighted by atomic mass is 35.5. The van der Waals surface area contributed by atoms with E-state index in [1.807, 2.05) is 6.08 Å². The molecule has 0 aliphatic heterocycles. The van der Waals surface area contributed by atoms with Crippen LogP contribution in [0.25, 0.3) is 0 Å². The summed E-state index contributed by atoms with van der Waals surface area (Å²) < 4.78 is 1.54. The molecule has 0 spiro atoms.